The molecule has 1 N–H and O–H groups in total. The average Bonchev–Trinajstić information content (AvgIpc) is 2.85. The van der Waals surface area contributed by atoms with Crippen molar-refractivity contribution in [2.75, 3.05) is 0 Å². The number of aromatic nitrogens is 3. The van der Waals surface area contributed by atoms with Gasteiger partial charge in [0, 0.05) is 5.69 Å². The minimum atomic E-state index is -0.560. The number of aryl methyl sites for hydroxylation is 1. The van der Waals surface area contributed by atoms with E-state index < -0.39 is 17.7 Å². The lowest BCUT2D eigenvalue weighted by Gasteiger charge is -2.20. The smallest absolute Gasteiger partial charge is 0.408 e. The van der Waals surface area contributed by atoms with Crippen LogP contribution in [0.2, 0.25) is 0 Å². The standard InChI is InChI=1S/C15H20N4O3/c1-9-7-6-8-11(16-9)12-18-13(22-19-12)10(2)17-14(20)21-15(3,4)5/h6-8,10H,1-5H3,(H,17,20). The number of carbonyl (C=O) groups excluding carboxylic acids is 1. The number of amides is 1. The van der Waals surface area contributed by atoms with Crippen LogP contribution in [0.25, 0.3) is 11.5 Å². The van der Waals surface area contributed by atoms with Crippen molar-refractivity contribution in [2.24, 2.45) is 0 Å². The van der Waals surface area contributed by atoms with Gasteiger partial charge in [0.1, 0.15) is 17.3 Å². The van der Waals surface area contributed by atoms with Gasteiger partial charge in [-0.25, -0.2) is 9.78 Å². The zero-order valence-corrected chi connectivity index (χ0v) is 13.4. The quantitative estimate of drug-likeness (QED) is 0.937. The van der Waals surface area contributed by atoms with E-state index in [0.717, 1.165) is 5.69 Å². The van der Waals surface area contributed by atoms with Gasteiger partial charge >= 0.3 is 6.09 Å². The van der Waals surface area contributed by atoms with E-state index in [9.17, 15) is 4.79 Å². The maximum atomic E-state index is 11.7. The molecule has 2 rings (SSSR count). The lowest BCUT2D eigenvalue weighted by atomic mass is 10.2. The molecule has 0 spiro atoms. The number of alkyl carbamates (subject to hydrolysis) is 1. The second kappa shape index (κ2) is 6.13. The molecule has 0 radical (unpaired) electrons. The summed E-state index contributed by atoms with van der Waals surface area (Å²) in [5.74, 6) is 0.681. The Morgan fingerprint density at radius 2 is 2.05 bits per heavy atom. The van der Waals surface area contributed by atoms with E-state index in [2.05, 4.69) is 20.4 Å². The van der Waals surface area contributed by atoms with Crippen LogP contribution in [-0.4, -0.2) is 26.8 Å². The molecule has 118 valence electrons. The molecule has 2 heterocycles. The molecule has 1 unspecified atom stereocenters. The van der Waals surface area contributed by atoms with E-state index in [4.69, 9.17) is 9.26 Å². The molecule has 0 bridgehead atoms. The highest BCUT2D eigenvalue weighted by Gasteiger charge is 2.21. The monoisotopic (exact) mass is 304 g/mol. The van der Waals surface area contributed by atoms with Gasteiger partial charge in [-0.3, -0.25) is 0 Å². The summed E-state index contributed by atoms with van der Waals surface area (Å²) >= 11 is 0. The highest BCUT2D eigenvalue weighted by molar-refractivity contribution is 5.68. The van der Waals surface area contributed by atoms with Gasteiger partial charge in [0.25, 0.3) is 0 Å². The Labute approximate surface area is 129 Å². The molecule has 0 aliphatic heterocycles. The number of hydrogen-bond acceptors (Lipinski definition) is 6. The maximum absolute atomic E-state index is 11.7. The van der Waals surface area contributed by atoms with Crippen LogP contribution in [0.1, 0.15) is 45.3 Å². The molecular weight excluding hydrogens is 284 g/mol. The van der Waals surface area contributed by atoms with Crippen LogP contribution in [0.4, 0.5) is 4.79 Å². The van der Waals surface area contributed by atoms with Gasteiger partial charge < -0.3 is 14.6 Å². The summed E-state index contributed by atoms with van der Waals surface area (Å²) in [6.45, 7) is 9.02. The van der Waals surface area contributed by atoms with Gasteiger partial charge in [-0.15, -0.1) is 0 Å². The van der Waals surface area contributed by atoms with Crippen molar-refractivity contribution >= 4 is 6.09 Å². The third kappa shape index (κ3) is 4.28. The van der Waals surface area contributed by atoms with Crippen LogP contribution < -0.4 is 5.32 Å². The zero-order valence-electron chi connectivity index (χ0n) is 13.4. The first-order valence-electron chi connectivity index (χ1n) is 7.02. The number of ether oxygens (including phenoxy) is 1. The van der Waals surface area contributed by atoms with E-state index in [-0.39, 0.29) is 0 Å². The molecule has 22 heavy (non-hydrogen) atoms. The van der Waals surface area contributed by atoms with Gasteiger partial charge in [0.2, 0.25) is 11.7 Å². The summed E-state index contributed by atoms with van der Waals surface area (Å²) in [6, 6.07) is 5.10. The summed E-state index contributed by atoms with van der Waals surface area (Å²) < 4.78 is 10.4. The second-order valence-electron chi connectivity index (χ2n) is 5.99. The van der Waals surface area contributed by atoms with Gasteiger partial charge in [0.05, 0.1) is 0 Å². The number of pyridine rings is 1. The van der Waals surface area contributed by atoms with Gasteiger partial charge in [-0.2, -0.15) is 4.98 Å². The topological polar surface area (TPSA) is 90.1 Å². The maximum Gasteiger partial charge on any atom is 0.408 e. The largest absolute Gasteiger partial charge is 0.444 e. The van der Waals surface area contributed by atoms with Crippen LogP contribution >= 0.6 is 0 Å². The molecule has 0 aliphatic rings. The number of nitrogens with one attached hydrogen (secondary N) is 1. The van der Waals surface area contributed by atoms with Crippen molar-refractivity contribution < 1.29 is 14.1 Å². The highest BCUT2D eigenvalue weighted by atomic mass is 16.6. The molecule has 1 atom stereocenters. The summed E-state index contributed by atoms with van der Waals surface area (Å²) in [6.07, 6.45) is -0.534. The second-order valence-corrected chi connectivity index (χ2v) is 5.99. The molecular formula is C15H20N4O3. The van der Waals surface area contributed by atoms with Crippen LogP contribution in [0.5, 0.6) is 0 Å². The number of nitrogens with zero attached hydrogens (tertiary/aromatic N) is 3. The van der Waals surface area contributed by atoms with Gasteiger partial charge in [0.15, 0.2) is 0 Å². The first kappa shape index (κ1) is 15.9. The van der Waals surface area contributed by atoms with Crippen molar-refractivity contribution in [1.29, 1.82) is 0 Å². The average molecular weight is 304 g/mol. The first-order chi connectivity index (χ1) is 10.2. The summed E-state index contributed by atoms with van der Waals surface area (Å²) in [7, 11) is 0. The minimum absolute atomic E-state index is 0.296. The Balaban J connectivity index is 2.06. The predicted octanol–water partition coefficient (Wildman–Crippen LogP) is 3.03. The lowest BCUT2D eigenvalue weighted by molar-refractivity contribution is 0.0499. The van der Waals surface area contributed by atoms with Crippen molar-refractivity contribution in [1.82, 2.24) is 20.4 Å². The Hall–Kier alpha value is -2.44. The van der Waals surface area contributed by atoms with E-state index in [1.807, 2.05) is 19.1 Å². The fourth-order valence-corrected chi connectivity index (χ4v) is 1.73. The summed E-state index contributed by atoms with van der Waals surface area (Å²) in [5.41, 5.74) is 0.929. The third-order valence-corrected chi connectivity index (χ3v) is 2.66. The van der Waals surface area contributed by atoms with E-state index in [1.54, 1.807) is 33.8 Å². The van der Waals surface area contributed by atoms with Gasteiger partial charge in [-0.1, -0.05) is 11.2 Å². The normalized spacial score (nSPS) is 12.8. The fraction of sp³-hybridized carbons (Fsp3) is 0.467. The molecule has 2 aromatic rings. The Morgan fingerprint density at radius 3 is 2.68 bits per heavy atom. The lowest BCUT2D eigenvalue weighted by Crippen LogP contribution is -2.34. The van der Waals surface area contributed by atoms with Crippen LogP contribution in [-0.2, 0) is 4.74 Å². The molecule has 7 heteroatoms. The van der Waals surface area contributed by atoms with Crippen molar-refractivity contribution in [2.45, 2.75) is 46.3 Å². The third-order valence-electron chi connectivity index (χ3n) is 2.66. The molecule has 0 aliphatic carbocycles. The van der Waals surface area contributed by atoms with Crippen LogP contribution in [0.15, 0.2) is 22.7 Å². The Kier molecular flexibility index (Phi) is 4.44. The highest BCUT2D eigenvalue weighted by Crippen LogP contribution is 2.17. The Morgan fingerprint density at radius 1 is 1.32 bits per heavy atom. The van der Waals surface area contributed by atoms with E-state index in [0.29, 0.717) is 17.4 Å². The summed E-state index contributed by atoms with van der Waals surface area (Å²) in [5, 5.41) is 6.54. The number of carbonyl (C=O) groups is 1. The first-order valence-corrected chi connectivity index (χ1v) is 7.02. The summed E-state index contributed by atoms with van der Waals surface area (Å²) in [4.78, 5) is 20.3. The van der Waals surface area contributed by atoms with Crippen LogP contribution in [0, 0.1) is 6.92 Å². The SMILES string of the molecule is Cc1cccc(-c2noc(C(C)NC(=O)OC(C)(C)C)n2)n1. The number of rotatable bonds is 3. The Bertz CT molecular complexity index is 661. The fourth-order valence-electron chi connectivity index (χ4n) is 1.73. The molecule has 0 saturated heterocycles. The molecule has 1 amide bonds. The molecule has 0 aromatic carbocycles. The van der Waals surface area contributed by atoms with E-state index in [1.165, 1.54) is 0 Å². The molecule has 7 nitrogen and oxygen atoms in total. The number of hydrogen-bond donors (Lipinski definition) is 1. The van der Waals surface area contributed by atoms with Crippen molar-refractivity contribution in [3.8, 4) is 11.5 Å². The predicted molar refractivity (Wildman–Crippen MR) is 80.1 cm³/mol. The minimum Gasteiger partial charge on any atom is -0.444 e. The van der Waals surface area contributed by atoms with E-state index >= 15 is 0 Å². The van der Waals surface area contributed by atoms with Gasteiger partial charge in [-0.05, 0) is 46.8 Å². The molecule has 0 fully saturated rings. The van der Waals surface area contributed by atoms with Crippen LogP contribution in [0.3, 0.4) is 0 Å². The molecule has 0 saturated carbocycles. The van der Waals surface area contributed by atoms with Crippen molar-refractivity contribution in [3.63, 3.8) is 0 Å². The van der Waals surface area contributed by atoms with Crippen molar-refractivity contribution in [3.05, 3.63) is 29.8 Å². The zero-order chi connectivity index (χ0) is 16.3. The molecule has 2 aromatic heterocycles.